The molecule has 8 heteroatoms. The molecule has 130 valence electrons. The van der Waals surface area contributed by atoms with E-state index in [-0.39, 0.29) is 10.9 Å². The van der Waals surface area contributed by atoms with Crippen LogP contribution in [0.2, 0.25) is 5.02 Å². The maximum atomic E-state index is 11.6. The van der Waals surface area contributed by atoms with Gasteiger partial charge in [-0.05, 0) is 42.3 Å². The molecule has 25 heavy (non-hydrogen) atoms. The average molecular weight is 377 g/mol. The topological polar surface area (TPSA) is 98.0 Å². The summed E-state index contributed by atoms with van der Waals surface area (Å²) in [5.74, 6) is 0.662. The van der Waals surface area contributed by atoms with Gasteiger partial charge in [-0.25, -0.2) is 23.5 Å². The minimum Gasteiger partial charge on any atom is -0.363 e. The van der Waals surface area contributed by atoms with Crippen molar-refractivity contribution in [1.82, 2.24) is 9.97 Å². The van der Waals surface area contributed by atoms with Crippen molar-refractivity contribution < 1.29 is 8.42 Å². The Morgan fingerprint density at radius 2 is 2.00 bits per heavy atom. The maximum absolute atomic E-state index is 11.6. The summed E-state index contributed by atoms with van der Waals surface area (Å²) in [6, 6.07) is 11.9. The predicted molar refractivity (Wildman–Crippen MR) is 99.0 cm³/mol. The molecule has 1 heterocycles. The van der Waals surface area contributed by atoms with Gasteiger partial charge in [-0.15, -0.1) is 0 Å². The van der Waals surface area contributed by atoms with Gasteiger partial charge in [0.2, 0.25) is 10.0 Å². The fraction of sp³-hybridized carbons (Fsp3) is 0.176. The highest BCUT2D eigenvalue weighted by Crippen LogP contribution is 2.28. The lowest BCUT2D eigenvalue weighted by Gasteiger charge is -2.19. The number of nitrogens with two attached hydrogens (primary N) is 1. The molecule has 0 spiro atoms. The number of hydrogen-bond acceptors (Lipinski definition) is 5. The van der Waals surface area contributed by atoms with E-state index in [0.717, 1.165) is 22.9 Å². The predicted octanol–water partition coefficient (Wildman–Crippen LogP) is 3.49. The summed E-state index contributed by atoms with van der Waals surface area (Å²) in [7, 11) is -3.75. The first-order valence-corrected chi connectivity index (χ1v) is 9.60. The summed E-state index contributed by atoms with van der Waals surface area (Å²) in [4.78, 5) is 8.62. The summed E-state index contributed by atoms with van der Waals surface area (Å²) >= 11 is 6.01. The molecule has 0 bridgehead atoms. The van der Waals surface area contributed by atoms with Crippen LogP contribution in [0.3, 0.4) is 0 Å². The summed E-state index contributed by atoms with van der Waals surface area (Å²) in [6.07, 6.45) is 2.20. The summed E-state index contributed by atoms with van der Waals surface area (Å²) in [6.45, 7) is 2.00. The number of benzene rings is 2. The molecule has 0 amide bonds. The number of primary sulfonamides is 1. The molecule has 0 fully saturated rings. The fourth-order valence-corrected chi connectivity index (χ4v) is 3.37. The van der Waals surface area contributed by atoms with Gasteiger partial charge in [0.15, 0.2) is 0 Å². The van der Waals surface area contributed by atoms with Crippen molar-refractivity contribution in [2.24, 2.45) is 5.14 Å². The standard InChI is InChI=1S/C17H17ClN4O2S/c1-2-15(11-4-3-5-13(8-11)25(19,23)24)22-17-14-7-6-12(18)9-16(14)20-10-21-17/h3-10,15H,2H2,1H3,(H2,19,23,24)(H,20,21,22). The van der Waals surface area contributed by atoms with E-state index < -0.39 is 10.0 Å². The van der Waals surface area contributed by atoms with E-state index in [1.165, 1.54) is 12.4 Å². The number of fused-ring (bicyclic) bond motifs is 1. The van der Waals surface area contributed by atoms with Crippen molar-refractivity contribution >= 4 is 38.3 Å². The number of nitrogens with zero attached hydrogens (tertiary/aromatic N) is 2. The zero-order valence-electron chi connectivity index (χ0n) is 13.5. The summed E-state index contributed by atoms with van der Waals surface area (Å²) in [5, 5.41) is 10.0. The van der Waals surface area contributed by atoms with Crippen LogP contribution in [0, 0.1) is 0 Å². The molecule has 3 rings (SSSR count). The lowest BCUT2D eigenvalue weighted by Crippen LogP contribution is -2.15. The number of hydrogen-bond donors (Lipinski definition) is 2. The van der Waals surface area contributed by atoms with E-state index in [0.29, 0.717) is 10.8 Å². The molecule has 0 aliphatic carbocycles. The average Bonchev–Trinajstić information content (AvgIpc) is 2.58. The van der Waals surface area contributed by atoms with Gasteiger partial charge in [-0.1, -0.05) is 30.7 Å². The Bertz CT molecular complexity index is 1020. The number of anilines is 1. The van der Waals surface area contributed by atoms with Gasteiger partial charge in [-0.3, -0.25) is 0 Å². The summed E-state index contributed by atoms with van der Waals surface area (Å²) < 4.78 is 23.2. The maximum Gasteiger partial charge on any atom is 0.238 e. The molecular weight excluding hydrogens is 360 g/mol. The first-order valence-electron chi connectivity index (χ1n) is 7.68. The van der Waals surface area contributed by atoms with Crippen LogP contribution in [0.15, 0.2) is 53.7 Å². The van der Waals surface area contributed by atoms with Crippen LogP contribution in [0.25, 0.3) is 10.9 Å². The van der Waals surface area contributed by atoms with Crippen LogP contribution in [-0.4, -0.2) is 18.4 Å². The van der Waals surface area contributed by atoms with Gasteiger partial charge in [-0.2, -0.15) is 0 Å². The Morgan fingerprint density at radius 1 is 1.20 bits per heavy atom. The van der Waals surface area contributed by atoms with Gasteiger partial charge in [0.25, 0.3) is 0 Å². The van der Waals surface area contributed by atoms with Crippen molar-refractivity contribution in [1.29, 1.82) is 0 Å². The Balaban J connectivity index is 1.99. The molecule has 3 aromatic rings. The van der Waals surface area contributed by atoms with Crippen molar-refractivity contribution in [3.63, 3.8) is 0 Å². The number of rotatable bonds is 5. The summed E-state index contributed by atoms with van der Waals surface area (Å²) in [5.41, 5.74) is 1.55. The van der Waals surface area contributed by atoms with E-state index in [1.54, 1.807) is 24.3 Å². The number of aromatic nitrogens is 2. The van der Waals surface area contributed by atoms with Crippen molar-refractivity contribution in [3.8, 4) is 0 Å². The van der Waals surface area contributed by atoms with Crippen molar-refractivity contribution in [3.05, 3.63) is 59.4 Å². The first kappa shape index (κ1) is 17.6. The number of halogens is 1. The Kier molecular flexibility index (Phi) is 4.89. The number of sulfonamides is 1. The minimum absolute atomic E-state index is 0.0876. The lowest BCUT2D eigenvalue weighted by atomic mass is 10.0. The molecule has 3 N–H and O–H groups in total. The van der Waals surface area contributed by atoms with E-state index in [2.05, 4.69) is 15.3 Å². The third-order valence-electron chi connectivity index (χ3n) is 3.91. The van der Waals surface area contributed by atoms with Gasteiger partial charge < -0.3 is 5.32 Å². The lowest BCUT2D eigenvalue weighted by molar-refractivity contribution is 0.597. The highest BCUT2D eigenvalue weighted by atomic mass is 35.5. The molecule has 0 radical (unpaired) electrons. The zero-order chi connectivity index (χ0) is 18.0. The SMILES string of the molecule is CCC(Nc1ncnc2cc(Cl)ccc12)c1cccc(S(N)(=O)=O)c1. The highest BCUT2D eigenvalue weighted by Gasteiger charge is 2.15. The second-order valence-electron chi connectivity index (χ2n) is 5.61. The van der Waals surface area contributed by atoms with E-state index in [4.69, 9.17) is 16.7 Å². The van der Waals surface area contributed by atoms with Crippen LogP contribution in [0.5, 0.6) is 0 Å². The minimum atomic E-state index is -3.75. The largest absolute Gasteiger partial charge is 0.363 e. The van der Waals surface area contributed by atoms with Gasteiger partial charge in [0, 0.05) is 10.4 Å². The van der Waals surface area contributed by atoms with Crippen LogP contribution in [0.4, 0.5) is 5.82 Å². The smallest absolute Gasteiger partial charge is 0.238 e. The third-order valence-corrected chi connectivity index (χ3v) is 5.05. The third kappa shape index (κ3) is 3.89. The van der Waals surface area contributed by atoms with Gasteiger partial charge in [0.05, 0.1) is 16.5 Å². The normalized spacial score (nSPS) is 12.9. The molecule has 1 atom stereocenters. The highest BCUT2D eigenvalue weighted by molar-refractivity contribution is 7.89. The second-order valence-corrected chi connectivity index (χ2v) is 7.60. The molecule has 1 aromatic heterocycles. The van der Waals surface area contributed by atoms with E-state index in [9.17, 15) is 8.42 Å². The molecule has 1 unspecified atom stereocenters. The molecular formula is C17H17ClN4O2S. The Morgan fingerprint density at radius 3 is 2.72 bits per heavy atom. The fourth-order valence-electron chi connectivity index (χ4n) is 2.64. The molecule has 6 nitrogen and oxygen atoms in total. The Labute approximate surface area is 151 Å². The van der Waals surface area contributed by atoms with Gasteiger partial charge in [0.1, 0.15) is 12.1 Å². The quantitative estimate of drug-likeness (QED) is 0.710. The Hall–Kier alpha value is -2.22. The van der Waals surface area contributed by atoms with Crippen LogP contribution in [-0.2, 0) is 10.0 Å². The second kappa shape index (κ2) is 6.95. The monoisotopic (exact) mass is 376 g/mol. The van der Waals surface area contributed by atoms with E-state index >= 15 is 0 Å². The molecule has 0 saturated carbocycles. The molecule has 0 aliphatic heterocycles. The van der Waals surface area contributed by atoms with Crippen LogP contribution < -0.4 is 10.5 Å². The molecule has 0 aliphatic rings. The van der Waals surface area contributed by atoms with Crippen molar-refractivity contribution in [2.45, 2.75) is 24.3 Å². The van der Waals surface area contributed by atoms with E-state index in [1.807, 2.05) is 19.1 Å². The molecule has 0 saturated heterocycles. The van der Waals surface area contributed by atoms with Crippen LogP contribution >= 0.6 is 11.6 Å². The van der Waals surface area contributed by atoms with Crippen molar-refractivity contribution in [2.75, 3.05) is 5.32 Å². The number of nitrogens with one attached hydrogen (secondary N) is 1. The van der Waals surface area contributed by atoms with Crippen LogP contribution in [0.1, 0.15) is 24.9 Å². The first-order chi connectivity index (χ1) is 11.9. The molecule has 2 aromatic carbocycles. The van der Waals surface area contributed by atoms with Gasteiger partial charge >= 0.3 is 0 Å². The zero-order valence-corrected chi connectivity index (χ0v) is 15.1.